The standard InChI is InChI=1S/C23H23ClN4O3/c1-3-27-20(29)16(21(30)28(14-25)22(27)31)8-10-19-23(11-5-4-6-12-23)17-13-15(24)7-9-18(17)26(19)2/h7-10,13H,3-6,11-12H2,1-2H3/b16-8-,19-10+. The van der Waals surface area contributed by atoms with E-state index < -0.39 is 17.8 Å². The third-order valence-electron chi connectivity index (χ3n) is 6.55. The minimum Gasteiger partial charge on any atom is -0.347 e. The van der Waals surface area contributed by atoms with Crippen LogP contribution in [0.2, 0.25) is 5.02 Å². The van der Waals surface area contributed by atoms with Crippen molar-refractivity contribution in [1.82, 2.24) is 9.80 Å². The number of allylic oxidation sites excluding steroid dienone is 3. The van der Waals surface area contributed by atoms with Gasteiger partial charge in [-0.3, -0.25) is 14.5 Å². The molecule has 4 rings (SSSR count). The minimum absolute atomic E-state index is 0.0742. The molecular formula is C23H23ClN4O3. The number of amides is 4. The maximum Gasteiger partial charge on any atom is 0.347 e. The number of carbonyl (C=O) groups is 3. The molecule has 2 fully saturated rings. The highest BCUT2D eigenvalue weighted by Gasteiger charge is 2.47. The molecule has 3 aliphatic rings. The number of urea groups is 1. The fourth-order valence-electron chi connectivity index (χ4n) is 5.05. The van der Waals surface area contributed by atoms with Gasteiger partial charge in [0.25, 0.3) is 11.8 Å². The average molecular weight is 439 g/mol. The summed E-state index contributed by atoms with van der Waals surface area (Å²) < 4.78 is 0. The minimum atomic E-state index is -0.909. The molecule has 1 aromatic rings. The molecule has 0 aromatic heterocycles. The normalized spacial score (nSPS) is 23.2. The Morgan fingerprint density at radius 2 is 1.84 bits per heavy atom. The number of halogens is 1. The van der Waals surface area contributed by atoms with Gasteiger partial charge in [0.05, 0.1) is 0 Å². The van der Waals surface area contributed by atoms with Crippen molar-refractivity contribution in [1.29, 1.82) is 5.26 Å². The Hall–Kier alpha value is -3.11. The summed E-state index contributed by atoms with van der Waals surface area (Å²) in [4.78, 5) is 41.1. The fourth-order valence-corrected chi connectivity index (χ4v) is 5.22. The number of nitrogens with zero attached hydrogens (tertiary/aromatic N) is 4. The smallest absolute Gasteiger partial charge is 0.347 e. The molecule has 2 heterocycles. The average Bonchev–Trinajstić information content (AvgIpc) is 2.96. The number of likely N-dealkylation sites (N-methyl/N-ethyl adjacent to an activating group) is 2. The summed E-state index contributed by atoms with van der Waals surface area (Å²) in [7, 11) is 1.97. The van der Waals surface area contributed by atoms with Gasteiger partial charge in [-0.2, -0.15) is 10.2 Å². The van der Waals surface area contributed by atoms with Crippen LogP contribution in [0.1, 0.15) is 44.6 Å². The van der Waals surface area contributed by atoms with E-state index in [0.29, 0.717) is 9.92 Å². The van der Waals surface area contributed by atoms with Crippen molar-refractivity contribution in [2.24, 2.45) is 0 Å². The molecule has 0 N–H and O–H groups in total. The molecule has 4 amide bonds. The zero-order valence-electron chi connectivity index (χ0n) is 17.5. The Kier molecular flexibility index (Phi) is 5.36. The Morgan fingerprint density at radius 1 is 1.13 bits per heavy atom. The van der Waals surface area contributed by atoms with Crippen molar-refractivity contribution in [3.63, 3.8) is 0 Å². The van der Waals surface area contributed by atoms with Crippen molar-refractivity contribution in [3.05, 3.63) is 52.2 Å². The van der Waals surface area contributed by atoms with Crippen LogP contribution in [0.15, 0.2) is 41.6 Å². The Bertz CT molecular complexity index is 1080. The van der Waals surface area contributed by atoms with Gasteiger partial charge in [0.2, 0.25) is 0 Å². The number of benzene rings is 1. The van der Waals surface area contributed by atoms with Gasteiger partial charge in [-0.15, -0.1) is 0 Å². The van der Waals surface area contributed by atoms with Gasteiger partial charge in [-0.05, 0) is 55.7 Å². The first-order chi connectivity index (χ1) is 14.9. The fraction of sp³-hybridized carbons (Fsp3) is 0.391. The lowest BCUT2D eigenvalue weighted by molar-refractivity contribution is -0.133. The first-order valence-electron chi connectivity index (χ1n) is 10.4. The molecule has 7 nitrogen and oxygen atoms in total. The largest absolute Gasteiger partial charge is 0.347 e. The Labute approximate surface area is 186 Å². The van der Waals surface area contributed by atoms with Crippen LogP contribution in [0, 0.1) is 11.5 Å². The van der Waals surface area contributed by atoms with Crippen LogP contribution < -0.4 is 4.90 Å². The van der Waals surface area contributed by atoms with E-state index in [1.54, 1.807) is 19.2 Å². The van der Waals surface area contributed by atoms with E-state index in [4.69, 9.17) is 11.6 Å². The zero-order valence-corrected chi connectivity index (χ0v) is 18.3. The highest BCUT2D eigenvalue weighted by Crippen LogP contribution is 2.55. The Morgan fingerprint density at radius 3 is 2.48 bits per heavy atom. The quantitative estimate of drug-likeness (QED) is 0.394. The summed E-state index contributed by atoms with van der Waals surface area (Å²) >= 11 is 6.32. The highest BCUT2D eigenvalue weighted by atomic mass is 35.5. The van der Waals surface area contributed by atoms with Crippen LogP contribution in [0.25, 0.3) is 0 Å². The van der Waals surface area contributed by atoms with Crippen LogP contribution in [0.5, 0.6) is 0 Å². The summed E-state index contributed by atoms with van der Waals surface area (Å²) in [5.74, 6) is -1.57. The highest BCUT2D eigenvalue weighted by molar-refractivity contribution is 6.31. The first-order valence-corrected chi connectivity index (χ1v) is 10.8. The van der Waals surface area contributed by atoms with Gasteiger partial charge in [-0.25, -0.2) is 4.79 Å². The third kappa shape index (κ3) is 3.14. The maximum atomic E-state index is 12.8. The summed E-state index contributed by atoms with van der Waals surface area (Å²) in [6, 6.07) is 4.96. The number of hydrogen-bond donors (Lipinski definition) is 0. The molecule has 0 radical (unpaired) electrons. The van der Waals surface area contributed by atoms with Crippen LogP contribution in [-0.4, -0.2) is 41.2 Å². The zero-order chi connectivity index (χ0) is 22.3. The summed E-state index contributed by atoms with van der Waals surface area (Å²) in [6.45, 7) is 1.70. The van der Waals surface area contributed by atoms with Crippen LogP contribution in [-0.2, 0) is 15.0 Å². The second-order valence-corrected chi connectivity index (χ2v) is 8.50. The van der Waals surface area contributed by atoms with Crippen molar-refractivity contribution in [2.75, 3.05) is 18.5 Å². The van der Waals surface area contributed by atoms with E-state index >= 15 is 0 Å². The second-order valence-electron chi connectivity index (χ2n) is 8.07. The van der Waals surface area contributed by atoms with Gasteiger partial charge < -0.3 is 4.90 Å². The topological polar surface area (TPSA) is 84.7 Å². The molecule has 1 aliphatic carbocycles. The van der Waals surface area contributed by atoms with Crippen molar-refractivity contribution in [2.45, 2.75) is 44.4 Å². The van der Waals surface area contributed by atoms with E-state index in [0.717, 1.165) is 54.0 Å². The lowest BCUT2D eigenvalue weighted by Crippen LogP contribution is -2.54. The molecule has 0 bridgehead atoms. The number of imide groups is 2. The predicted molar refractivity (Wildman–Crippen MR) is 116 cm³/mol. The number of nitriles is 1. The molecule has 0 atom stereocenters. The van der Waals surface area contributed by atoms with Gasteiger partial charge in [0.15, 0.2) is 6.19 Å². The van der Waals surface area contributed by atoms with Crippen molar-refractivity contribution in [3.8, 4) is 6.19 Å². The second kappa shape index (κ2) is 7.86. The molecule has 160 valence electrons. The molecule has 0 unspecified atom stereocenters. The van der Waals surface area contributed by atoms with Crippen molar-refractivity contribution < 1.29 is 14.4 Å². The third-order valence-corrected chi connectivity index (χ3v) is 6.78. The molecule has 1 saturated heterocycles. The SMILES string of the molecule is CCN1C(=O)/C(=C/C=C2/N(C)c3ccc(Cl)cc3C23CCCCC3)C(=O)N(C#N)C1=O. The number of anilines is 1. The van der Waals surface area contributed by atoms with E-state index in [2.05, 4.69) is 4.90 Å². The number of barbiturate groups is 1. The Balaban J connectivity index is 1.82. The van der Waals surface area contributed by atoms with Gasteiger partial charge in [0.1, 0.15) is 5.57 Å². The monoisotopic (exact) mass is 438 g/mol. The number of carbonyl (C=O) groups excluding carboxylic acids is 3. The molecular weight excluding hydrogens is 416 g/mol. The number of fused-ring (bicyclic) bond motifs is 2. The molecule has 2 aliphatic heterocycles. The molecule has 1 spiro atoms. The predicted octanol–water partition coefficient (Wildman–Crippen LogP) is 4.09. The van der Waals surface area contributed by atoms with Crippen molar-refractivity contribution >= 4 is 35.1 Å². The van der Waals surface area contributed by atoms with Gasteiger partial charge in [0, 0.05) is 35.4 Å². The van der Waals surface area contributed by atoms with Gasteiger partial charge in [-0.1, -0.05) is 30.9 Å². The number of rotatable bonds is 2. The van der Waals surface area contributed by atoms with Crippen LogP contribution in [0.4, 0.5) is 10.5 Å². The molecule has 1 saturated carbocycles. The van der Waals surface area contributed by atoms with E-state index in [1.807, 2.05) is 25.2 Å². The van der Waals surface area contributed by atoms with E-state index in [9.17, 15) is 19.6 Å². The van der Waals surface area contributed by atoms with E-state index in [-0.39, 0.29) is 17.5 Å². The summed E-state index contributed by atoms with van der Waals surface area (Å²) in [5.41, 5.74) is 2.78. The van der Waals surface area contributed by atoms with Gasteiger partial charge >= 0.3 is 6.03 Å². The lowest BCUT2D eigenvalue weighted by atomic mass is 9.68. The van der Waals surface area contributed by atoms with Crippen LogP contribution in [0.3, 0.4) is 0 Å². The first kappa shape index (κ1) is 21.1. The number of hydrogen-bond acceptors (Lipinski definition) is 5. The van der Waals surface area contributed by atoms with Crippen LogP contribution >= 0.6 is 11.6 Å². The molecule has 31 heavy (non-hydrogen) atoms. The lowest BCUT2D eigenvalue weighted by Gasteiger charge is -2.36. The molecule has 8 heteroatoms. The van der Waals surface area contributed by atoms with E-state index in [1.165, 1.54) is 6.08 Å². The molecule has 1 aromatic carbocycles. The summed E-state index contributed by atoms with van der Waals surface area (Å²) in [5, 5.41) is 9.92. The maximum absolute atomic E-state index is 12.8. The summed E-state index contributed by atoms with van der Waals surface area (Å²) in [6.07, 6.45) is 10.1.